The van der Waals surface area contributed by atoms with Crippen LogP contribution in [0.3, 0.4) is 0 Å². The number of hydrogen-bond donors (Lipinski definition) is 2. The Bertz CT molecular complexity index is 597. The number of benzene rings is 1. The van der Waals surface area contributed by atoms with Gasteiger partial charge < -0.3 is 29.6 Å². The lowest BCUT2D eigenvalue weighted by Gasteiger charge is -2.30. The van der Waals surface area contributed by atoms with Gasteiger partial charge in [-0.1, -0.05) is 42.8 Å². The number of amides is 2. The van der Waals surface area contributed by atoms with E-state index in [1.807, 2.05) is 0 Å². The summed E-state index contributed by atoms with van der Waals surface area (Å²) in [6, 6.07) is 1.06. The summed E-state index contributed by atoms with van der Waals surface area (Å²) in [5.74, 6) is 0.255. The third kappa shape index (κ3) is 6.21. The van der Waals surface area contributed by atoms with Crippen LogP contribution in [0, 0.1) is 0 Å². The fourth-order valence-electron chi connectivity index (χ4n) is 2.02. The molecule has 0 saturated carbocycles. The predicted octanol–water partition coefficient (Wildman–Crippen LogP) is 4.00. The van der Waals surface area contributed by atoms with Crippen LogP contribution < -0.4 is 20.1 Å². The molecule has 26 heavy (non-hydrogen) atoms. The maximum Gasteiger partial charge on any atom is 0.321 e. The molecule has 0 aromatic heterocycles. The van der Waals surface area contributed by atoms with Crippen molar-refractivity contribution in [2.45, 2.75) is 25.5 Å². The molecule has 0 aliphatic rings. The van der Waals surface area contributed by atoms with Crippen molar-refractivity contribution in [3.63, 3.8) is 0 Å². The first-order valence-electron chi connectivity index (χ1n) is 7.93. The minimum Gasteiger partial charge on any atom is -0.495 e. The van der Waals surface area contributed by atoms with E-state index in [2.05, 4.69) is 30.3 Å². The van der Waals surface area contributed by atoms with Gasteiger partial charge in [0.2, 0.25) is 0 Å². The highest BCUT2D eigenvalue weighted by Crippen LogP contribution is 2.44. The summed E-state index contributed by atoms with van der Waals surface area (Å²) in [5, 5.41) is 5.84. The van der Waals surface area contributed by atoms with Gasteiger partial charge in [-0.05, 0) is 0 Å². The standard InChI is InChI=1S/C16H26Cl2N2O5Si/c1-22-7-8-25-16(26(4,5)6)20-15(21)19-14-12(17)10(23-2)9-11(24-3)13(14)18/h9,16H,7-8H2,1-6H3,(H2,19,20,21). The molecule has 0 saturated heterocycles. The summed E-state index contributed by atoms with van der Waals surface area (Å²) in [7, 11) is 2.67. The number of carbonyl (C=O) groups is 1. The molecule has 0 heterocycles. The molecule has 0 spiro atoms. The van der Waals surface area contributed by atoms with Gasteiger partial charge in [-0.25, -0.2) is 4.79 Å². The van der Waals surface area contributed by atoms with Crippen molar-refractivity contribution in [3.8, 4) is 11.5 Å². The zero-order valence-corrected chi connectivity index (χ0v) is 18.4. The average molecular weight is 425 g/mol. The number of rotatable bonds is 9. The second-order valence-corrected chi connectivity index (χ2v) is 12.5. The van der Waals surface area contributed by atoms with Crippen molar-refractivity contribution in [3.05, 3.63) is 16.1 Å². The van der Waals surface area contributed by atoms with Gasteiger partial charge in [0.25, 0.3) is 0 Å². The van der Waals surface area contributed by atoms with Crippen molar-refractivity contribution in [1.29, 1.82) is 0 Å². The summed E-state index contributed by atoms with van der Waals surface area (Å²) in [4.78, 5) is 12.5. The molecule has 148 valence electrons. The Labute approximate surface area is 165 Å². The Hall–Kier alpha value is -1.19. The van der Waals surface area contributed by atoms with E-state index in [9.17, 15) is 4.79 Å². The molecule has 0 aliphatic heterocycles. The second kappa shape index (κ2) is 10.2. The second-order valence-electron chi connectivity index (χ2n) is 6.49. The van der Waals surface area contributed by atoms with Crippen LogP contribution in [0.15, 0.2) is 6.07 Å². The van der Waals surface area contributed by atoms with Crippen molar-refractivity contribution < 1.29 is 23.7 Å². The number of nitrogens with one attached hydrogen (secondary N) is 2. The van der Waals surface area contributed by atoms with Crippen molar-refractivity contribution in [1.82, 2.24) is 5.32 Å². The third-order valence-electron chi connectivity index (χ3n) is 3.43. The van der Waals surface area contributed by atoms with E-state index in [4.69, 9.17) is 42.1 Å². The van der Waals surface area contributed by atoms with Crippen LogP contribution in [-0.4, -0.2) is 54.5 Å². The van der Waals surface area contributed by atoms with E-state index >= 15 is 0 Å². The molecule has 1 atom stereocenters. The van der Waals surface area contributed by atoms with Gasteiger partial charge in [0.15, 0.2) is 0 Å². The lowest BCUT2D eigenvalue weighted by atomic mass is 10.2. The maximum absolute atomic E-state index is 12.5. The monoisotopic (exact) mass is 424 g/mol. The van der Waals surface area contributed by atoms with E-state index in [1.54, 1.807) is 13.2 Å². The van der Waals surface area contributed by atoms with Gasteiger partial charge in [0.05, 0.1) is 33.1 Å². The molecule has 1 aromatic carbocycles. The Kier molecular flexibility index (Phi) is 8.98. The molecular weight excluding hydrogens is 399 g/mol. The van der Waals surface area contributed by atoms with Crippen molar-refractivity contribution in [2.75, 3.05) is 39.9 Å². The van der Waals surface area contributed by atoms with Gasteiger partial charge in [-0.15, -0.1) is 0 Å². The largest absolute Gasteiger partial charge is 0.495 e. The highest BCUT2D eigenvalue weighted by Gasteiger charge is 2.30. The molecule has 10 heteroatoms. The number of ether oxygens (including phenoxy) is 4. The normalized spacial score (nSPS) is 12.5. The van der Waals surface area contributed by atoms with Crippen molar-refractivity contribution in [2.24, 2.45) is 0 Å². The molecule has 2 N–H and O–H groups in total. The SMILES string of the molecule is COCCOC(NC(=O)Nc1c(Cl)c(OC)cc(OC)c1Cl)[Si](C)(C)C. The van der Waals surface area contributed by atoms with Gasteiger partial charge in [-0.2, -0.15) is 0 Å². The molecule has 0 bridgehead atoms. The fraction of sp³-hybridized carbons (Fsp3) is 0.562. The Morgan fingerprint density at radius 2 is 1.62 bits per heavy atom. The summed E-state index contributed by atoms with van der Waals surface area (Å²) >= 11 is 12.5. The quantitative estimate of drug-likeness (QED) is 0.355. The highest BCUT2D eigenvalue weighted by molar-refractivity contribution is 6.77. The lowest BCUT2D eigenvalue weighted by molar-refractivity contribution is 0.0405. The molecule has 2 amide bonds. The Morgan fingerprint density at radius 3 is 2.04 bits per heavy atom. The summed E-state index contributed by atoms with van der Waals surface area (Å²) in [5.41, 5.74) is 0.202. The topological polar surface area (TPSA) is 78.1 Å². The highest BCUT2D eigenvalue weighted by atomic mass is 35.5. The summed E-state index contributed by atoms with van der Waals surface area (Å²) < 4.78 is 21.1. The number of urea groups is 1. The van der Waals surface area contributed by atoms with Gasteiger partial charge >= 0.3 is 6.03 Å². The number of carbonyl (C=O) groups excluding carboxylic acids is 1. The molecule has 7 nitrogen and oxygen atoms in total. The van der Waals surface area contributed by atoms with Crippen LogP contribution in [0.5, 0.6) is 11.5 Å². The van der Waals surface area contributed by atoms with Gasteiger partial charge in [0.1, 0.15) is 35.5 Å². The average Bonchev–Trinajstić information content (AvgIpc) is 2.57. The molecule has 0 fully saturated rings. The zero-order valence-electron chi connectivity index (χ0n) is 15.9. The lowest BCUT2D eigenvalue weighted by Crippen LogP contribution is -2.54. The van der Waals surface area contributed by atoms with E-state index < -0.39 is 20.0 Å². The Balaban J connectivity index is 2.98. The minimum absolute atomic E-state index is 0.179. The van der Waals surface area contributed by atoms with Gasteiger partial charge in [0, 0.05) is 13.2 Å². The van der Waals surface area contributed by atoms with E-state index in [0.29, 0.717) is 24.7 Å². The molecule has 1 unspecified atom stereocenters. The smallest absolute Gasteiger partial charge is 0.321 e. The molecular formula is C16H26Cl2N2O5Si. The van der Waals surface area contributed by atoms with E-state index in [0.717, 1.165) is 0 Å². The van der Waals surface area contributed by atoms with Crippen LogP contribution >= 0.6 is 23.2 Å². The minimum atomic E-state index is -1.84. The first-order chi connectivity index (χ1) is 12.1. The number of halogens is 2. The van der Waals surface area contributed by atoms with Crippen LogP contribution in [-0.2, 0) is 9.47 Å². The Morgan fingerprint density at radius 1 is 1.08 bits per heavy atom. The molecule has 0 aliphatic carbocycles. The van der Waals surface area contributed by atoms with Crippen LogP contribution in [0.2, 0.25) is 29.7 Å². The van der Waals surface area contributed by atoms with Crippen LogP contribution in [0.1, 0.15) is 0 Å². The predicted molar refractivity (Wildman–Crippen MR) is 107 cm³/mol. The number of hydrogen-bond acceptors (Lipinski definition) is 5. The van der Waals surface area contributed by atoms with E-state index in [1.165, 1.54) is 14.2 Å². The van der Waals surface area contributed by atoms with Gasteiger partial charge in [-0.3, -0.25) is 0 Å². The molecule has 1 rings (SSSR count). The molecule has 0 radical (unpaired) electrons. The van der Waals surface area contributed by atoms with Crippen LogP contribution in [0.4, 0.5) is 10.5 Å². The first kappa shape index (κ1) is 22.8. The number of methoxy groups -OCH3 is 3. The fourth-order valence-corrected chi connectivity index (χ4v) is 3.80. The summed E-state index contributed by atoms with van der Waals surface area (Å²) in [6.07, 6.45) is 0. The zero-order chi connectivity index (χ0) is 19.9. The van der Waals surface area contributed by atoms with Crippen molar-refractivity contribution >= 4 is 43.0 Å². The summed E-state index contributed by atoms with van der Waals surface area (Å²) in [6.45, 7) is 7.06. The first-order valence-corrected chi connectivity index (χ1v) is 12.3. The third-order valence-corrected chi connectivity index (χ3v) is 6.07. The van der Waals surface area contributed by atoms with Crippen LogP contribution in [0.25, 0.3) is 0 Å². The number of anilines is 1. The maximum atomic E-state index is 12.5. The van der Waals surface area contributed by atoms with E-state index in [-0.39, 0.29) is 15.7 Å². The molecule has 1 aromatic rings.